The van der Waals surface area contributed by atoms with E-state index >= 15 is 0 Å². The Bertz CT molecular complexity index is 933. The molecule has 0 saturated carbocycles. The molecule has 7 nitrogen and oxygen atoms in total. The molecule has 2 aromatic rings. The second-order valence-electron chi connectivity index (χ2n) is 6.03. The largest absolute Gasteiger partial charge is 0.468 e. The van der Waals surface area contributed by atoms with Crippen molar-refractivity contribution in [2.75, 3.05) is 13.1 Å². The van der Waals surface area contributed by atoms with Crippen LogP contribution < -0.4 is 10.6 Å². The van der Waals surface area contributed by atoms with Crippen molar-refractivity contribution >= 4 is 21.7 Å². The van der Waals surface area contributed by atoms with Gasteiger partial charge in [-0.25, -0.2) is 8.42 Å². The van der Waals surface area contributed by atoms with Crippen LogP contribution in [-0.2, 0) is 19.4 Å². The number of sulfone groups is 1. The van der Waals surface area contributed by atoms with Crippen LogP contribution in [0.25, 0.3) is 0 Å². The Kier molecular flexibility index (Phi) is 6.57. The lowest BCUT2D eigenvalue weighted by molar-refractivity contribution is -0.139. The Hall–Kier alpha value is -2.87. The molecule has 0 saturated heterocycles. The molecule has 0 bridgehead atoms. The Balaban J connectivity index is 2.30. The predicted molar refractivity (Wildman–Crippen MR) is 101 cm³/mol. The van der Waals surface area contributed by atoms with Crippen molar-refractivity contribution in [3.8, 4) is 0 Å². The molecule has 0 spiro atoms. The highest BCUT2D eigenvalue weighted by atomic mass is 32.2. The van der Waals surface area contributed by atoms with E-state index in [1.54, 1.807) is 32.0 Å². The zero-order valence-corrected chi connectivity index (χ0v) is 16.0. The monoisotopic (exact) mass is 390 g/mol. The Morgan fingerprint density at radius 1 is 1.19 bits per heavy atom. The van der Waals surface area contributed by atoms with Gasteiger partial charge in [0.25, 0.3) is 0 Å². The number of carbonyl (C=O) groups excluding carboxylic acids is 2. The summed E-state index contributed by atoms with van der Waals surface area (Å²) >= 11 is 0. The first-order valence-corrected chi connectivity index (χ1v) is 9.83. The summed E-state index contributed by atoms with van der Waals surface area (Å²) in [7, 11) is -3.87. The quantitative estimate of drug-likeness (QED) is 0.554. The molecular weight excluding hydrogens is 368 g/mol. The number of nitrogens with one attached hydrogen (secondary N) is 2. The Labute approximate surface area is 158 Å². The Morgan fingerprint density at radius 2 is 1.89 bits per heavy atom. The SMILES string of the molecule is C=CCNC(=O)C(=O)NC[C@@H](c1ccco1)S(=O)(=O)c1cc(C)ccc1C. The predicted octanol–water partition coefficient (Wildman–Crippen LogP) is 1.83. The van der Waals surface area contributed by atoms with Gasteiger partial charge in [-0.1, -0.05) is 18.2 Å². The van der Waals surface area contributed by atoms with E-state index in [2.05, 4.69) is 17.2 Å². The smallest absolute Gasteiger partial charge is 0.309 e. The third-order valence-electron chi connectivity index (χ3n) is 3.95. The van der Waals surface area contributed by atoms with Crippen LogP contribution in [0.3, 0.4) is 0 Å². The van der Waals surface area contributed by atoms with Crippen molar-refractivity contribution in [3.63, 3.8) is 0 Å². The van der Waals surface area contributed by atoms with Crippen LogP contribution in [0.5, 0.6) is 0 Å². The minimum atomic E-state index is -3.87. The summed E-state index contributed by atoms with van der Waals surface area (Å²) in [5, 5.41) is 3.54. The molecule has 0 fully saturated rings. The van der Waals surface area contributed by atoms with Crippen molar-refractivity contribution in [1.82, 2.24) is 10.6 Å². The second kappa shape index (κ2) is 8.68. The summed E-state index contributed by atoms with van der Waals surface area (Å²) in [5.74, 6) is -1.61. The first-order valence-electron chi connectivity index (χ1n) is 8.29. The van der Waals surface area contributed by atoms with E-state index in [1.165, 1.54) is 18.4 Å². The number of carbonyl (C=O) groups is 2. The molecule has 1 atom stereocenters. The maximum absolute atomic E-state index is 13.2. The van der Waals surface area contributed by atoms with E-state index in [9.17, 15) is 18.0 Å². The molecule has 2 amide bonds. The number of amides is 2. The van der Waals surface area contributed by atoms with Crippen molar-refractivity contribution in [3.05, 3.63) is 66.1 Å². The van der Waals surface area contributed by atoms with Gasteiger partial charge in [0.1, 0.15) is 11.0 Å². The molecule has 1 aromatic heterocycles. The minimum absolute atomic E-state index is 0.134. The highest BCUT2D eigenvalue weighted by Crippen LogP contribution is 2.31. The van der Waals surface area contributed by atoms with Crippen molar-refractivity contribution in [2.24, 2.45) is 0 Å². The van der Waals surface area contributed by atoms with Crippen LogP contribution in [0.15, 0.2) is 58.6 Å². The average Bonchev–Trinajstić information content (AvgIpc) is 3.15. The molecule has 1 aromatic carbocycles. The summed E-state index contributed by atoms with van der Waals surface area (Å²) in [6.45, 7) is 6.77. The third kappa shape index (κ3) is 4.85. The molecule has 144 valence electrons. The number of hydrogen-bond acceptors (Lipinski definition) is 5. The lowest BCUT2D eigenvalue weighted by Gasteiger charge is -2.18. The van der Waals surface area contributed by atoms with E-state index < -0.39 is 26.9 Å². The van der Waals surface area contributed by atoms with Crippen LogP contribution in [-0.4, -0.2) is 33.3 Å². The fraction of sp³-hybridized carbons (Fsp3) is 0.263. The van der Waals surface area contributed by atoms with Crippen LogP contribution in [0.2, 0.25) is 0 Å². The molecule has 0 aliphatic carbocycles. The molecule has 0 unspecified atom stereocenters. The van der Waals surface area contributed by atoms with Crippen LogP contribution in [0, 0.1) is 13.8 Å². The number of rotatable bonds is 7. The lowest BCUT2D eigenvalue weighted by atomic mass is 10.2. The first kappa shape index (κ1) is 20.4. The van der Waals surface area contributed by atoms with Gasteiger partial charge in [-0.2, -0.15) is 0 Å². The second-order valence-corrected chi connectivity index (χ2v) is 8.13. The highest BCUT2D eigenvalue weighted by molar-refractivity contribution is 7.91. The summed E-state index contributed by atoms with van der Waals surface area (Å²) in [6, 6.07) is 8.22. The highest BCUT2D eigenvalue weighted by Gasteiger charge is 2.33. The molecule has 0 aliphatic heterocycles. The van der Waals surface area contributed by atoms with E-state index in [-0.39, 0.29) is 23.7 Å². The molecule has 0 radical (unpaired) electrons. The number of furan rings is 1. The van der Waals surface area contributed by atoms with Gasteiger partial charge in [0.05, 0.1) is 11.2 Å². The first-order chi connectivity index (χ1) is 12.8. The lowest BCUT2D eigenvalue weighted by Crippen LogP contribution is -2.42. The van der Waals surface area contributed by atoms with Gasteiger partial charge in [-0.3, -0.25) is 9.59 Å². The standard InChI is InChI=1S/C19H22N2O5S/c1-4-9-20-18(22)19(23)21-12-17(15-6-5-10-26-15)27(24,25)16-11-13(2)7-8-14(16)3/h4-8,10-11,17H,1,9,12H2,2-3H3,(H,20,22)(H,21,23)/t17-/m0/s1. The fourth-order valence-corrected chi connectivity index (χ4v) is 4.43. The van der Waals surface area contributed by atoms with Crippen LogP contribution in [0.4, 0.5) is 0 Å². The van der Waals surface area contributed by atoms with Gasteiger partial charge in [0.15, 0.2) is 9.84 Å². The van der Waals surface area contributed by atoms with Crippen LogP contribution in [0.1, 0.15) is 22.1 Å². The van der Waals surface area contributed by atoms with Gasteiger partial charge in [-0.05, 0) is 43.2 Å². The molecule has 2 rings (SSSR count). The van der Waals surface area contributed by atoms with E-state index in [1.807, 2.05) is 6.07 Å². The van der Waals surface area contributed by atoms with Crippen molar-refractivity contribution in [1.29, 1.82) is 0 Å². The molecule has 0 aliphatic rings. The van der Waals surface area contributed by atoms with Crippen molar-refractivity contribution < 1.29 is 22.4 Å². The van der Waals surface area contributed by atoms with E-state index in [4.69, 9.17) is 4.42 Å². The zero-order chi connectivity index (χ0) is 20.0. The molecule has 8 heteroatoms. The maximum Gasteiger partial charge on any atom is 0.309 e. The Morgan fingerprint density at radius 3 is 2.52 bits per heavy atom. The molecular formula is C19H22N2O5S. The summed E-state index contributed by atoms with van der Waals surface area (Å²) in [4.78, 5) is 23.8. The van der Waals surface area contributed by atoms with Gasteiger partial charge in [-0.15, -0.1) is 6.58 Å². The average molecular weight is 390 g/mol. The van der Waals surface area contributed by atoms with Gasteiger partial charge in [0, 0.05) is 13.1 Å². The minimum Gasteiger partial charge on any atom is -0.468 e. The zero-order valence-electron chi connectivity index (χ0n) is 15.2. The van der Waals surface area contributed by atoms with Crippen LogP contribution >= 0.6 is 0 Å². The van der Waals surface area contributed by atoms with E-state index in [0.29, 0.717) is 5.56 Å². The normalized spacial score (nSPS) is 12.2. The summed E-state index contributed by atoms with van der Waals surface area (Å²) in [6.07, 6.45) is 2.79. The molecule has 2 N–H and O–H groups in total. The number of aryl methyl sites for hydroxylation is 2. The number of benzene rings is 1. The summed E-state index contributed by atoms with van der Waals surface area (Å²) in [5.41, 5.74) is 1.39. The third-order valence-corrected chi connectivity index (χ3v) is 6.15. The molecule has 27 heavy (non-hydrogen) atoms. The van der Waals surface area contributed by atoms with E-state index in [0.717, 1.165) is 5.56 Å². The maximum atomic E-state index is 13.2. The summed E-state index contributed by atoms with van der Waals surface area (Å²) < 4.78 is 31.8. The van der Waals surface area contributed by atoms with Gasteiger partial charge < -0.3 is 15.1 Å². The topological polar surface area (TPSA) is 105 Å². The molecule has 1 heterocycles. The van der Waals surface area contributed by atoms with Gasteiger partial charge >= 0.3 is 11.8 Å². The van der Waals surface area contributed by atoms with Crippen molar-refractivity contribution in [2.45, 2.75) is 24.0 Å². The fourth-order valence-electron chi connectivity index (χ4n) is 2.52. The number of hydrogen-bond donors (Lipinski definition) is 2. The van der Waals surface area contributed by atoms with Gasteiger partial charge in [0.2, 0.25) is 0 Å².